The molecule has 1 aromatic carbocycles. The molecule has 2 rings (SSSR count). The van der Waals surface area contributed by atoms with E-state index in [-0.39, 0.29) is 12.5 Å². The fourth-order valence-electron chi connectivity index (χ4n) is 2.63. The van der Waals surface area contributed by atoms with Gasteiger partial charge in [0.1, 0.15) is 6.10 Å². The van der Waals surface area contributed by atoms with E-state index in [1.54, 1.807) is 13.2 Å². The standard InChI is InChI=1S/C15H19ClO4/c1-8-5-9-13(16)10(15(2,3)7-12(17)18)6-11(19-4)14(9)20-8/h6,8H,5,7H2,1-4H3,(H,17,18). The van der Waals surface area contributed by atoms with Crippen molar-refractivity contribution in [3.63, 3.8) is 0 Å². The van der Waals surface area contributed by atoms with Gasteiger partial charge in [-0.3, -0.25) is 4.79 Å². The number of carboxylic acid groups (broad SMARTS) is 1. The van der Waals surface area contributed by atoms with E-state index in [0.29, 0.717) is 22.9 Å². The van der Waals surface area contributed by atoms with Crippen LogP contribution in [0, 0.1) is 0 Å². The molecule has 1 aromatic rings. The van der Waals surface area contributed by atoms with Gasteiger partial charge in [0.15, 0.2) is 11.5 Å². The summed E-state index contributed by atoms with van der Waals surface area (Å²) in [4.78, 5) is 11.0. The van der Waals surface area contributed by atoms with Crippen LogP contribution in [0.3, 0.4) is 0 Å². The second-order valence-electron chi connectivity index (χ2n) is 5.84. The van der Waals surface area contributed by atoms with E-state index in [9.17, 15) is 4.79 Å². The largest absolute Gasteiger partial charge is 0.493 e. The Kier molecular flexibility index (Phi) is 3.87. The summed E-state index contributed by atoms with van der Waals surface area (Å²) >= 11 is 6.49. The Balaban J connectivity index is 2.56. The lowest BCUT2D eigenvalue weighted by molar-refractivity contribution is -0.138. The average molecular weight is 299 g/mol. The molecule has 0 bridgehead atoms. The fraction of sp³-hybridized carbons (Fsp3) is 0.533. The van der Waals surface area contributed by atoms with Crippen molar-refractivity contribution in [2.24, 2.45) is 0 Å². The molecule has 0 radical (unpaired) electrons. The van der Waals surface area contributed by atoms with Crippen LogP contribution in [0.4, 0.5) is 0 Å². The number of hydrogen-bond acceptors (Lipinski definition) is 3. The lowest BCUT2D eigenvalue weighted by Gasteiger charge is -2.26. The van der Waals surface area contributed by atoms with Gasteiger partial charge in [-0.05, 0) is 18.6 Å². The topological polar surface area (TPSA) is 55.8 Å². The minimum atomic E-state index is -0.852. The van der Waals surface area contributed by atoms with Gasteiger partial charge in [0.25, 0.3) is 0 Å². The normalized spacial score (nSPS) is 17.6. The molecule has 20 heavy (non-hydrogen) atoms. The maximum atomic E-state index is 11.0. The van der Waals surface area contributed by atoms with Crippen molar-refractivity contribution in [1.29, 1.82) is 0 Å². The molecule has 0 aromatic heterocycles. The monoisotopic (exact) mass is 298 g/mol. The summed E-state index contributed by atoms with van der Waals surface area (Å²) in [5.74, 6) is 0.442. The Morgan fingerprint density at radius 2 is 2.25 bits per heavy atom. The maximum absolute atomic E-state index is 11.0. The first kappa shape index (κ1) is 15.0. The van der Waals surface area contributed by atoms with Gasteiger partial charge in [-0.1, -0.05) is 25.4 Å². The van der Waals surface area contributed by atoms with Crippen molar-refractivity contribution in [2.45, 2.75) is 45.1 Å². The van der Waals surface area contributed by atoms with E-state index in [2.05, 4.69) is 0 Å². The van der Waals surface area contributed by atoms with E-state index in [0.717, 1.165) is 11.1 Å². The van der Waals surface area contributed by atoms with Crippen molar-refractivity contribution in [2.75, 3.05) is 7.11 Å². The van der Waals surface area contributed by atoms with Crippen LogP contribution in [0.1, 0.15) is 38.3 Å². The van der Waals surface area contributed by atoms with Gasteiger partial charge in [0.2, 0.25) is 0 Å². The molecule has 1 aliphatic rings. The summed E-state index contributed by atoms with van der Waals surface area (Å²) in [6.07, 6.45) is 0.765. The summed E-state index contributed by atoms with van der Waals surface area (Å²) in [7, 11) is 1.57. The Morgan fingerprint density at radius 1 is 1.60 bits per heavy atom. The van der Waals surface area contributed by atoms with Gasteiger partial charge in [-0.15, -0.1) is 0 Å². The summed E-state index contributed by atoms with van der Waals surface area (Å²) < 4.78 is 11.1. The molecule has 1 atom stereocenters. The van der Waals surface area contributed by atoms with Crippen molar-refractivity contribution in [3.05, 3.63) is 22.2 Å². The molecule has 0 aliphatic carbocycles. The van der Waals surface area contributed by atoms with Crippen LogP contribution in [0.2, 0.25) is 5.02 Å². The molecule has 0 spiro atoms. The van der Waals surface area contributed by atoms with Crippen LogP contribution in [-0.4, -0.2) is 24.3 Å². The summed E-state index contributed by atoms with van der Waals surface area (Å²) in [6, 6.07) is 1.79. The molecule has 1 aliphatic heterocycles. The van der Waals surface area contributed by atoms with Gasteiger partial charge in [0, 0.05) is 17.4 Å². The van der Waals surface area contributed by atoms with Crippen LogP contribution < -0.4 is 9.47 Å². The Labute approximate surface area is 123 Å². The molecule has 1 unspecified atom stereocenters. The SMILES string of the molecule is COc1cc(C(C)(C)CC(=O)O)c(Cl)c2c1OC(C)C2. The molecule has 0 saturated heterocycles. The number of benzene rings is 1. The number of halogens is 1. The van der Waals surface area contributed by atoms with Gasteiger partial charge in [0.05, 0.1) is 18.6 Å². The van der Waals surface area contributed by atoms with Gasteiger partial charge in [-0.2, -0.15) is 0 Å². The number of fused-ring (bicyclic) bond motifs is 1. The van der Waals surface area contributed by atoms with Crippen LogP contribution >= 0.6 is 11.6 Å². The summed E-state index contributed by atoms with van der Waals surface area (Å²) in [5, 5.41) is 9.66. The first-order chi connectivity index (χ1) is 9.26. The van der Waals surface area contributed by atoms with Crippen molar-refractivity contribution >= 4 is 17.6 Å². The fourth-order valence-corrected chi connectivity index (χ4v) is 3.10. The minimum absolute atomic E-state index is 0.00503. The molecule has 5 heteroatoms. The summed E-state index contributed by atoms with van der Waals surface area (Å²) in [6.45, 7) is 5.71. The first-order valence-electron chi connectivity index (χ1n) is 6.54. The number of aliphatic carboxylic acids is 1. The number of carbonyl (C=O) groups is 1. The Morgan fingerprint density at radius 3 is 2.80 bits per heavy atom. The molecular formula is C15H19ClO4. The Hall–Kier alpha value is -1.42. The third-order valence-corrected chi connectivity index (χ3v) is 4.06. The smallest absolute Gasteiger partial charge is 0.304 e. The van der Waals surface area contributed by atoms with E-state index in [1.165, 1.54) is 0 Å². The highest BCUT2D eigenvalue weighted by Crippen LogP contribution is 2.47. The zero-order chi connectivity index (χ0) is 15.1. The highest BCUT2D eigenvalue weighted by atomic mass is 35.5. The number of rotatable bonds is 4. The van der Waals surface area contributed by atoms with Crippen molar-refractivity contribution < 1.29 is 19.4 Å². The molecule has 110 valence electrons. The molecule has 0 fully saturated rings. The molecular weight excluding hydrogens is 280 g/mol. The molecule has 0 amide bonds. The third-order valence-electron chi connectivity index (χ3n) is 3.63. The zero-order valence-electron chi connectivity index (χ0n) is 12.1. The number of ether oxygens (including phenoxy) is 2. The Bertz CT molecular complexity index is 551. The van der Waals surface area contributed by atoms with E-state index >= 15 is 0 Å². The quantitative estimate of drug-likeness (QED) is 0.925. The van der Waals surface area contributed by atoms with Crippen LogP contribution in [0.15, 0.2) is 6.07 Å². The van der Waals surface area contributed by atoms with Crippen molar-refractivity contribution in [3.8, 4) is 11.5 Å². The minimum Gasteiger partial charge on any atom is -0.493 e. The summed E-state index contributed by atoms with van der Waals surface area (Å²) in [5.41, 5.74) is 1.12. The van der Waals surface area contributed by atoms with E-state index in [4.69, 9.17) is 26.2 Å². The predicted octanol–water partition coefficient (Wildman–Crippen LogP) is 3.42. The molecule has 0 saturated carbocycles. The van der Waals surface area contributed by atoms with Gasteiger partial charge in [-0.25, -0.2) is 0 Å². The lowest BCUT2D eigenvalue weighted by Crippen LogP contribution is -2.22. The number of hydrogen-bond donors (Lipinski definition) is 1. The van der Waals surface area contributed by atoms with E-state index in [1.807, 2.05) is 20.8 Å². The van der Waals surface area contributed by atoms with Crippen LogP contribution in [0.25, 0.3) is 0 Å². The van der Waals surface area contributed by atoms with E-state index < -0.39 is 11.4 Å². The lowest BCUT2D eigenvalue weighted by atomic mass is 9.80. The zero-order valence-corrected chi connectivity index (χ0v) is 12.9. The second-order valence-corrected chi connectivity index (χ2v) is 6.21. The highest BCUT2D eigenvalue weighted by molar-refractivity contribution is 6.32. The maximum Gasteiger partial charge on any atom is 0.304 e. The third kappa shape index (κ3) is 2.57. The van der Waals surface area contributed by atoms with Crippen LogP contribution in [-0.2, 0) is 16.6 Å². The van der Waals surface area contributed by atoms with Gasteiger partial charge < -0.3 is 14.6 Å². The molecule has 1 heterocycles. The van der Waals surface area contributed by atoms with Crippen LogP contribution in [0.5, 0.6) is 11.5 Å². The number of methoxy groups -OCH3 is 1. The second kappa shape index (κ2) is 5.17. The molecule has 4 nitrogen and oxygen atoms in total. The average Bonchev–Trinajstić information content (AvgIpc) is 2.70. The molecule has 1 N–H and O–H groups in total. The predicted molar refractivity (Wildman–Crippen MR) is 77.1 cm³/mol. The van der Waals surface area contributed by atoms with Gasteiger partial charge >= 0.3 is 5.97 Å². The number of carboxylic acids is 1. The first-order valence-corrected chi connectivity index (χ1v) is 6.92. The van der Waals surface area contributed by atoms with Crippen molar-refractivity contribution in [1.82, 2.24) is 0 Å². The highest BCUT2D eigenvalue weighted by Gasteiger charge is 2.33.